The van der Waals surface area contributed by atoms with Crippen LogP contribution in [0.1, 0.15) is 21.9 Å². The standard InChI is InChI=1S/C13H13N3O4/c1-8-2-4-10(20-8)7-15-13(17)11-6-9(16(18)19)3-5-12(11)14/h2-6H,7,14H2,1H3,(H,15,17). The Morgan fingerprint density at radius 2 is 2.15 bits per heavy atom. The van der Waals surface area contributed by atoms with E-state index in [1.165, 1.54) is 12.1 Å². The van der Waals surface area contributed by atoms with Crippen LogP contribution in [0.4, 0.5) is 11.4 Å². The molecular formula is C13H13N3O4. The van der Waals surface area contributed by atoms with Gasteiger partial charge in [0, 0.05) is 17.8 Å². The van der Waals surface area contributed by atoms with Gasteiger partial charge in [-0.3, -0.25) is 14.9 Å². The van der Waals surface area contributed by atoms with E-state index in [1.807, 2.05) is 0 Å². The number of nitrogens with zero attached hydrogens (tertiary/aromatic N) is 1. The summed E-state index contributed by atoms with van der Waals surface area (Å²) in [6.07, 6.45) is 0. The third kappa shape index (κ3) is 2.94. The van der Waals surface area contributed by atoms with Crippen LogP contribution < -0.4 is 11.1 Å². The summed E-state index contributed by atoms with van der Waals surface area (Å²) in [5.41, 5.74) is 5.73. The molecule has 7 heteroatoms. The van der Waals surface area contributed by atoms with Crippen LogP contribution in [0.25, 0.3) is 0 Å². The van der Waals surface area contributed by atoms with Gasteiger partial charge in [-0.15, -0.1) is 0 Å². The molecule has 0 fully saturated rings. The minimum absolute atomic E-state index is 0.0717. The van der Waals surface area contributed by atoms with E-state index in [0.717, 1.165) is 11.8 Å². The first-order chi connectivity index (χ1) is 9.47. The van der Waals surface area contributed by atoms with Crippen molar-refractivity contribution in [3.05, 3.63) is 57.5 Å². The van der Waals surface area contributed by atoms with Crippen molar-refractivity contribution in [2.45, 2.75) is 13.5 Å². The van der Waals surface area contributed by atoms with E-state index in [4.69, 9.17) is 10.2 Å². The fourth-order valence-corrected chi connectivity index (χ4v) is 1.70. The molecule has 0 saturated carbocycles. The summed E-state index contributed by atoms with van der Waals surface area (Å²) in [7, 11) is 0. The van der Waals surface area contributed by atoms with Crippen molar-refractivity contribution >= 4 is 17.3 Å². The molecule has 1 aromatic heterocycles. The van der Waals surface area contributed by atoms with Crippen molar-refractivity contribution in [3.8, 4) is 0 Å². The summed E-state index contributed by atoms with van der Waals surface area (Å²) in [5.74, 6) is 0.851. The van der Waals surface area contributed by atoms with Crippen molar-refractivity contribution < 1.29 is 14.1 Å². The maximum atomic E-state index is 12.0. The van der Waals surface area contributed by atoms with Gasteiger partial charge in [-0.05, 0) is 25.1 Å². The van der Waals surface area contributed by atoms with Crippen LogP contribution in [0.15, 0.2) is 34.7 Å². The highest BCUT2D eigenvalue weighted by molar-refractivity contribution is 5.99. The molecule has 0 aliphatic rings. The number of carbonyl (C=O) groups is 1. The van der Waals surface area contributed by atoms with Gasteiger partial charge in [0.25, 0.3) is 11.6 Å². The third-order valence-corrected chi connectivity index (χ3v) is 2.71. The van der Waals surface area contributed by atoms with Crippen molar-refractivity contribution in [2.75, 3.05) is 5.73 Å². The predicted molar refractivity (Wildman–Crippen MR) is 72.1 cm³/mol. The second-order valence-electron chi connectivity index (χ2n) is 4.22. The maximum Gasteiger partial charge on any atom is 0.270 e. The average molecular weight is 275 g/mol. The number of nitro benzene ring substituents is 1. The minimum atomic E-state index is -0.577. The average Bonchev–Trinajstić information content (AvgIpc) is 2.82. The number of nitrogens with two attached hydrogens (primary N) is 1. The Balaban J connectivity index is 2.12. The number of hydrogen-bond acceptors (Lipinski definition) is 5. The van der Waals surface area contributed by atoms with Crippen molar-refractivity contribution in [2.24, 2.45) is 0 Å². The smallest absolute Gasteiger partial charge is 0.270 e. The number of amides is 1. The number of non-ortho nitro benzene ring substituents is 1. The summed E-state index contributed by atoms with van der Waals surface area (Å²) in [6, 6.07) is 7.26. The maximum absolute atomic E-state index is 12.0. The van der Waals surface area contributed by atoms with E-state index in [-0.39, 0.29) is 23.5 Å². The second-order valence-corrected chi connectivity index (χ2v) is 4.22. The Labute approximate surface area is 114 Å². The van der Waals surface area contributed by atoms with E-state index in [0.29, 0.717) is 5.76 Å². The normalized spacial score (nSPS) is 10.2. The number of nitrogens with one attached hydrogen (secondary N) is 1. The number of anilines is 1. The predicted octanol–water partition coefficient (Wildman–Crippen LogP) is 2.01. The van der Waals surface area contributed by atoms with Crippen LogP contribution in [-0.2, 0) is 6.54 Å². The lowest BCUT2D eigenvalue weighted by Crippen LogP contribution is -2.23. The Kier molecular flexibility index (Phi) is 3.69. The van der Waals surface area contributed by atoms with E-state index in [1.54, 1.807) is 19.1 Å². The number of furan rings is 1. The molecule has 0 atom stereocenters. The van der Waals surface area contributed by atoms with Gasteiger partial charge in [0.05, 0.1) is 17.0 Å². The van der Waals surface area contributed by atoms with Gasteiger partial charge < -0.3 is 15.5 Å². The molecule has 0 bridgehead atoms. The van der Waals surface area contributed by atoms with Crippen LogP contribution >= 0.6 is 0 Å². The van der Waals surface area contributed by atoms with E-state index in [9.17, 15) is 14.9 Å². The molecule has 0 aliphatic carbocycles. The molecular weight excluding hydrogens is 262 g/mol. The van der Waals surface area contributed by atoms with Crippen molar-refractivity contribution in [1.82, 2.24) is 5.32 Å². The van der Waals surface area contributed by atoms with Gasteiger partial charge in [0.2, 0.25) is 0 Å². The number of hydrogen-bond donors (Lipinski definition) is 2. The van der Waals surface area contributed by atoms with Crippen LogP contribution in [0.3, 0.4) is 0 Å². The molecule has 0 radical (unpaired) electrons. The largest absolute Gasteiger partial charge is 0.465 e. The number of carbonyl (C=O) groups excluding carboxylic acids is 1. The van der Waals surface area contributed by atoms with Gasteiger partial charge in [-0.2, -0.15) is 0 Å². The summed E-state index contributed by atoms with van der Waals surface area (Å²) in [6.45, 7) is 1.98. The number of nitro groups is 1. The van der Waals surface area contributed by atoms with Crippen molar-refractivity contribution in [3.63, 3.8) is 0 Å². The topological polar surface area (TPSA) is 111 Å². The summed E-state index contributed by atoms with van der Waals surface area (Å²) in [4.78, 5) is 22.1. The first kappa shape index (κ1) is 13.6. The second kappa shape index (κ2) is 5.43. The van der Waals surface area contributed by atoms with Gasteiger partial charge in [0.1, 0.15) is 11.5 Å². The highest BCUT2D eigenvalue weighted by atomic mass is 16.6. The Bertz CT molecular complexity index is 663. The molecule has 1 heterocycles. The summed E-state index contributed by atoms with van der Waals surface area (Å²) in [5, 5.41) is 13.3. The molecule has 0 aliphatic heterocycles. The lowest BCUT2D eigenvalue weighted by Gasteiger charge is -2.06. The Morgan fingerprint density at radius 1 is 1.40 bits per heavy atom. The number of benzene rings is 1. The first-order valence-electron chi connectivity index (χ1n) is 5.85. The number of nitrogen functional groups attached to an aromatic ring is 1. The van der Waals surface area contributed by atoms with E-state index in [2.05, 4.69) is 5.32 Å². The molecule has 0 spiro atoms. The SMILES string of the molecule is Cc1ccc(CNC(=O)c2cc([N+](=O)[O-])ccc2N)o1. The summed E-state index contributed by atoms with van der Waals surface area (Å²) < 4.78 is 5.31. The quantitative estimate of drug-likeness (QED) is 0.503. The molecule has 2 aromatic rings. The highest BCUT2D eigenvalue weighted by Crippen LogP contribution is 2.19. The Morgan fingerprint density at radius 3 is 2.75 bits per heavy atom. The van der Waals surface area contributed by atoms with Crippen molar-refractivity contribution in [1.29, 1.82) is 0 Å². The van der Waals surface area contributed by atoms with E-state index < -0.39 is 10.8 Å². The molecule has 20 heavy (non-hydrogen) atoms. The monoisotopic (exact) mass is 275 g/mol. The molecule has 7 nitrogen and oxygen atoms in total. The minimum Gasteiger partial charge on any atom is -0.465 e. The zero-order valence-electron chi connectivity index (χ0n) is 10.8. The number of aryl methyl sites for hydroxylation is 1. The number of rotatable bonds is 4. The molecule has 0 unspecified atom stereocenters. The zero-order valence-corrected chi connectivity index (χ0v) is 10.8. The first-order valence-corrected chi connectivity index (χ1v) is 5.85. The highest BCUT2D eigenvalue weighted by Gasteiger charge is 2.15. The van der Waals surface area contributed by atoms with Gasteiger partial charge >= 0.3 is 0 Å². The summed E-state index contributed by atoms with van der Waals surface area (Å²) >= 11 is 0. The Hall–Kier alpha value is -2.83. The molecule has 104 valence electrons. The fraction of sp³-hybridized carbons (Fsp3) is 0.154. The molecule has 2 rings (SSSR count). The lowest BCUT2D eigenvalue weighted by atomic mass is 10.1. The van der Waals surface area contributed by atoms with E-state index >= 15 is 0 Å². The van der Waals surface area contributed by atoms with Gasteiger partial charge in [0.15, 0.2) is 0 Å². The van der Waals surface area contributed by atoms with Crippen LogP contribution in [-0.4, -0.2) is 10.8 Å². The van der Waals surface area contributed by atoms with Crippen LogP contribution in [0, 0.1) is 17.0 Å². The lowest BCUT2D eigenvalue weighted by molar-refractivity contribution is -0.384. The fourth-order valence-electron chi connectivity index (χ4n) is 1.70. The van der Waals surface area contributed by atoms with Gasteiger partial charge in [-0.1, -0.05) is 0 Å². The van der Waals surface area contributed by atoms with Crippen LogP contribution in [0.2, 0.25) is 0 Å². The van der Waals surface area contributed by atoms with Crippen LogP contribution in [0.5, 0.6) is 0 Å². The molecule has 1 amide bonds. The molecule has 0 saturated heterocycles. The molecule has 3 N–H and O–H groups in total. The third-order valence-electron chi connectivity index (χ3n) is 2.71. The molecule has 1 aromatic carbocycles. The van der Waals surface area contributed by atoms with Gasteiger partial charge in [-0.25, -0.2) is 0 Å². The zero-order chi connectivity index (χ0) is 14.7.